The van der Waals surface area contributed by atoms with Gasteiger partial charge in [-0.25, -0.2) is 19.2 Å². The molecule has 0 spiro atoms. The minimum Gasteiger partial charge on any atom is -0.467 e. The van der Waals surface area contributed by atoms with Crippen LogP contribution in [0.25, 0.3) is 0 Å². The zero-order valence-corrected chi connectivity index (χ0v) is 18.7. The molecule has 0 fully saturated rings. The molecule has 11 heteroatoms. The minimum absolute atomic E-state index is 0.0499. The number of aryl methyl sites for hydroxylation is 1. The number of aromatic nitrogens is 1. The molecule has 1 aliphatic rings. The lowest BCUT2D eigenvalue weighted by atomic mass is 10.0. The van der Waals surface area contributed by atoms with Crippen LogP contribution in [0.5, 0.6) is 0 Å². The van der Waals surface area contributed by atoms with Crippen molar-refractivity contribution in [1.82, 2.24) is 15.6 Å². The van der Waals surface area contributed by atoms with E-state index in [0.29, 0.717) is 17.0 Å². The number of esters is 3. The van der Waals surface area contributed by atoms with E-state index in [4.69, 9.17) is 18.6 Å². The third-order valence-corrected chi connectivity index (χ3v) is 4.95. The number of ether oxygens (including phenoxy) is 3. The number of H-pyrrole nitrogens is 1. The number of amides is 2. The maximum atomic E-state index is 12.8. The normalized spacial score (nSPS) is 15.5. The summed E-state index contributed by atoms with van der Waals surface area (Å²) in [6.45, 7) is 6.40. The van der Waals surface area contributed by atoms with Crippen LogP contribution in [0.3, 0.4) is 0 Å². The summed E-state index contributed by atoms with van der Waals surface area (Å²) in [5, 5.41) is 5.11. The molecule has 0 saturated heterocycles. The third kappa shape index (κ3) is 4.92. The highest BCUT2D eigenvalue weighted by molar-refractivity contribution is 5.99. The average Bonchev–Trinajstić information content (AvgIpc) is 3.40. The molecule has 1 aliphatic heterocycles. The van der Waals surface area contributed by atoms with Crippen LogP contribution in [0.2, 0.25) is 0 Å². The SMILES string of the molecule is CCOC(=O)C1=C(COC(=O)c2c(C)[nH]c(C(=O)OCC)c2C)NC(=O)NC1c1ccco1. The molecule has 1 unspecified atom stereocenters. The van der Waals surface area contributed by atoms with Crippen molar-refractivity contribution < 1.29 is 37.8 Å². The first-order valence-corrected chi connectivity index (χ1v) is 10.3. The largest absolute Gasteiger partial charge is 0.467 e. The van der Waals surface area contributed by atoms with Gasteiger partial charge in [-0.3, -0.25) is 0 Å². The Morgan fingerprint density at radius 2 is 1.73 bits per heavy atom. The van der Waals surface area contributed by atoms with E-state index in [-0.39, 0.29) is 35.7 Å². The van der Waals surface area contributed by atoms with Crippen LogP contribution in [0, 0.1) is 13.8 Å². The standard InChI is InChI=1S/C22H25N3O8/c1-5-30-20(27)16-13(24-22(29)25-18(16)14-8-7-9-32-14)10-33-19(26)15-11(3)17(23-12(15)4)21(28)31-6-2/h7-9,18,23H,5-6,10H2,1-4H3,(H2,24,25,29). The zero-order chi connectivity index (χ0) is 24.1. The molecule has 3 N–H and O–H groups in total. The van der Waals surface area contributed by atoms with Gasteiger partial charge in [0.25, 0.3) is 0 Å². The number of furan rings is 1. The fourth-order valence-electron chi connectivity index (χ4n) is 3.52. The number of carbonyl (C=O) groups is 4. The van der Waals surface area contributed by atoms with Crippen molar-refractivity contribution >= 4 is 23.9 Å². The van der Waals surface area contributed by atoms with Crippen molar-refractivity contribution in [1.29, 1.82) is 0 Å². The lowest BCUT2D eigenvalue weighted by Crippen LogP contribution is -2.47. The Morgan fingerprint density at radius 3 is 2.36 bits per heavy atom. The van der Waals surface area contributed by atoms with E-state index >= 15 is 0 Å². The Morgan fingerprint density at radius 1 is 1.03 bits per heavy atom. The summed E-state index contributed by atoms with van der Waals surface area (Å²) in [5.41, 5.74) is 1.22. The Balaban J connectivity index is 1.89. The first-order valence-electron chi connectivity index (χ1n) is 10.3. The molecule has 0 aromatic carbocycles. The van der Waals surface area contributed by atoms with Crippen LogP contribution < -0.4 is 10.6 Å². The first-order chi connectivity index (χ1) is 15.8. The highest BCUT2D eigenvalue weighted by atomic mass is 16.5. The number of nitrogens with one attached hydrogen (secondary N) is 3. The average molecular weight is 459 g/mol. The Kier molecular flexibility index (Phi) is 7.21. The van der Waals surface area contributed by atoms with Crippen molar-refractivity contribution in [2.45, 2.75) is 33.7 Å². The topological polar surface area (TPSA) is 149 Å². The molecule has 0 aliphatic carbocycles. The molecular weight excluding hydrogens is 434 g/mol. The van der Waals surface area contributed by atoms with Gasteiger partial charge < -0.3 is 34.2 Å². The van der Waals surface area contributed by atoms with Crippen molar-refractivity contribution in [3.63, 3.8) is 0 Å². The van der Waals surface area contributed by atoms with Crippen molar-refractivity contribution in [3.8, 4) is 0 Å². The molecule has 2 amide bonds. The van der Waals surface area contributed by atoms with Gasteiger partial charge in [0.2, 0.25) is 0 Å². The van der Waals surface area contributed by atoms with Crippen LogP contribution in [-0.2, 0) is 19.0 Å². The van der Waals surface area contributed by atoms with Crippen LogP contribution >= 0.6 is 0 Å². The Hall–Kier alpha value is -4.02. The molecule has 0 saturated carbocycles. The van der Waals surface area contributed by atoms with Gasteiger partial charge in [-0.15, -0.1) is 0 Å². The number of aromatic amines is 1. The summed E-state index contributed by atoms with van der Waals surface area (Å²) < 4.78 is 20.9. The number of hydrogen-bond acceptors (Lipinski definition) is 8. The van der Waals surface area contributed by atoms with Gasteiger partial charge in [0.1, 0.15) is 24.1 Å². The molecule has 33 heavy (non-hydrogen) atoms. The fourth-order valence-corrected chi connectivity index (χ4v) is 3.52. The van der Waals surface area contributed by atoms with Crippen molar-refractivity contribution in [2.75, 3.05) is 19.8 Å². The Labute approximate surface area is 189 Å². The van der Waals surface area contributed by atoms with Crippen LogP contribution in [0.4, 0.5) is 4.79 Å². The van der Waals surface area contributed by atoms with Gasteiger partial charge in [-0.2, -0.15) is 0 Å². The molecule has 2 aromatic heterocycles. The maximum Gasteiger partial charge on any atom is 0.355 e. The molecule has 2 aromatic rings. The molecule has 3 rings (SSSR count). The molecule has 3 heterocycles. The molecule has 1 atom stereocenters. The van der Waals surface area contributed by atoms with Gasteiger partial charge >= 0.3 is 23.9 Å². The highest BCUT2D eigenvalue weighted by Gasteiger charge is 2.36. The van der Waals surface area contributed by atoms with Gasteiger partial charge in [0, 0.05) is 5.69 Å². The van der Waals surface area contributed by atoms with Crippen LogP contribution in [0.15, 0.2) is 34.1 Å². The summed E-state index contributed by atoms with van der Waals surface area (Å²) in [4.78, 5) is 52.7. The number of carbonyl (C=O) groups excluding carboxylic acids is 4. The Bertz CT molecular complexity index is 1100. The highest BCUT2D eigenvalue weighted by Crippen LogP contribution is 2.28. The monoisotopic (exact) mass is 459 g/mol. The quantitative estimate of drug-likeness (QED) is 0.402. The summed E-state index contributed by atoms with van der Waals surface area (Å²) in [6.07, 6.45) is 1.41. The van der Waals surface area contributed by atoms with E-state index in [1.165, 1.54) is 6.26 Å². The van der Waals surface area contributed by atoms with Crippen molar-refractivity contribution in [3.05, 3.63) is 57.9 Å². The van der Waals surface area contributed by atoms with E-state index in [2.05, 4.69) is 15.6 Å². The summed E-state index contributed by atoms with van der Waals surface area (Å²) in [7, 11) is 0. The third-order valence-electron chi connectivity index (χ3n) is 4.95. The van der Waals surface area contributed by atoms with Gasteiger partial charge in [-0.1, -0.05) is 0 Å². The number of rotatable bonds is 8. The second kappa shape index (κ2) is 10.1. The van der Waals surface area contributed by atoms with E-state index in [1.807, 2.05) is 0 Å². The predicted molar refractivity (Wildman–Crippen MR) is 113 cm³/mol. The number of urea groups is 1. The van der Waals surface area contributed by atoms with Gasteiger partial charge in [0.15, 0.2) is 0 Å². The molecule has 176 valence electrons. The van der Waals surface area contributed by atoms with E-state index in [1.54, 1.807) is 39.8 Å². The van der Waals surface area contributed by atoms with Crippen LogP contribution in [-0.4, -0.2) is 48.7 Å². The maximum absolute atomic E-state index is 12.8. The number of hydrogen-bond donors (Lipinski definition) is 3. The van der Waals surface area contributed by atoms with E-state index < -0.39 is 36.6 Å². The summed E-state index contributed by atoms with van der Waals surface area (Å²) >= 11 is 0. The second-order valence-electron chi connectivity index (χ2n) is 7.08. The summed E-state index contributed by atoms with van der Waals surface area (Å²) in [5.74, 6) is -1.71. The van der Waals surface area contributed by atoms with E-state index in [0.717, 1.165) is 0 Å². The molecule has 0 bridgehead atoms. The lowest BCUT2D eigenvalue weighted by Gasteiger charge is -2.27. The fraction of sp³-hybridized carbons (Fsp3) is 0.364. The molecule has 11 nitrogen and oxygen atoms in total. The van der Waals surface area contributed by atoms with Crippen molar-refractivity contribution in [2.24, 2.45) is 0 Å². The zero-order valence-electron chi connectivity index (χ0n) is 18.7. The van der Waals surface area contributed by atoms with Gasteiger partial charge in [0.05, 0.1) is 36.3 Å². The molecular formula is C22H25N3O8. The smallest absolute Gasteiger partial charge is 0.355 e. The minimum atomic E-state index is -0.923. The summed E-state index contributed by atoms with van der Waals surface area (Å²) in [6, 6.07) is 1.69. The van der Waals surface area contributed by atoms with Crippen LogP contribution in [0.1, 0.15) is 57.8 Å². The first kappa shape index (κ1) is 23.6. The predicted octanol–water partition coefficient (Wildman–Crippen LogP) is 2.43. The van der Waals surface area contributed by atoms with E-state index in [9.17, 15) is 19.2 Å². The molecule has 0 radical (unpaired) electrons. The lowest BCUT2D eigenvalue weighted by molar-refractivity contribution is -0.139. The van der Waals surface area contributed by atoms with Gasteiger partial charge in [-0.05, 0) is 45.4 Å². The second-order valence-corrected chi connectivity index (χ2v) is 7.08.